The molecule has 0 bridgehead atoms. The Kier molecular flexibility index (Phi) is 6.80. The van der Waals surface area contributed by atoms with Crippen molar-refractivity contribution in [1.82, 2.24) is 9.88 Å². The number of carbonyl (C=O) groups is 1. The second-order valence-corrected chi connectivity index (χ2v) is 9.77. The summed E-state index contributed by atoms with van der Waals surface area (Å²) >= 11 is 0. The van der Waals surface area contributed by atoms with Gasteiger partial charge in [-0.3, -0.25) is 9.78 Å². The molecule has 0 saturated carbocycles. The van der Waals surface area contributed by atoms with Crippen LogP contribution in [0.5, 0.6) is 11.5 Å². The molecule has 0 saturated heterocycles. The van der Waals surface area contributed by atoms with Gasteiger partial charge in [-0.1, -0.05) is 6.07 Å². The number of carbonyl (C=O) groups excluding carboxylic acids is 1. The van der Waals surface area contributed by atoms with Crippen LogP contribution in [0.3, 0.4) is 0 Å². The minimum Gasteiger partial charge on any atom is -0.493 e. The Balaban J connectivity index is 1.43. The van der Waals surface area contributed by atoms with Gasteiger partial charge in [0.05, 0.1) is 14.2 Å². The van der Waals surface area contributed by atoms with Crippen LogP contribution in [-0.2, 0) is 12.8 Å². The van der Waals surface area contributed by atoms with E-state index in [2.05, 4.69) is 31.8 Å². The van der Waals surface area contributed by atoms with Crippen LogP contribution in [0.2, 0.25) is 0 Å². The summed E-state index contributed by atoms with van der Waals surface area (Å²) in [7, 11) is 3.28. The maximum absolute atomic E-state index is 13.1. The van der Waals surface area contributed by atoms with Crippen LogP contribution in [-0.4, -0.2) is 48.6 Å². The molecule has 1 amide bonds. The molecule has 180 valence electrons. The highest BCUT2D eigenvalue weighted by molar-refractivity contribution is 5.97. The Labute approximate surface area is 202 Å². The van der Waals surface area contributed by atoms with E-state index in [1.807, 2.05) is 35.5 Å². The molecule has 1 unspecified atom stereocenters. The van der Waals surface area contributed by atoms with E-state index < -0.39 is 5.54 Å². The minimum atomic E-state index is -0.400. The molecule has 0 fully saturated rings. The van der Waals surface area contributed by atoms with Crippen molar-refractivity contribution in [3.8, 4) is 11.5 Å². The summed E-state index contributed by atoms with van der Waals surface area (Å²) in [6.45, 7) is 7.65. The lowest BCUT2D eigenvalue weighted by atomic mass is 9.89. The Hall–Kier alpha value is -3.12. The number of aryl methyl sites for hydroxylation is 3. The van der Waals surface area contributed by atoms with Crippen molar-refractivity contribution < 1.29 is 14.3 Å². The molecule has 0 radical (unpaired) electrons. The highest BCUT2D eigenvalue weighted by Crippen LogP contribution is 2.34. The normalized spacial score (nSPS) is 15.2. The highest BCUT2D eigenvalue weighted by Gasteiger charge is 2.27. The van der Waals surface area contributed by atoms with E-state index in [1.54, 1.807) is 14.2 Å². The minimum absolute atomic E-state index is 0.124. The molecule has 34 heavy (non-hydrogen) atoms. The van der Waals surface area contributed by atoms with Crippen molar-refractivity contribution in [1.29, 1.82) is 0 Å². The van der Waals surface area contributed by atoms with Crippen molar-refractivity contribution in [3.05, 3.63) is 64.5 Å². The van der Waals surface area contributed by atoms with Gasteiger partial charge in [-0.05, 0) is 92.3 Å². The van der Waals surface area contributed by atoms with Gasteiger partial charge in [0.15, 0.2) is 11.5 Å². The molecule has 6 heteroatoms. The number of methoxy groups -OCH3 is 2. The van der Waals surface area contributed by atoms with Crippen molar-refractivity contribution in [2.45, 2.75) is 52.0 Å². The highest BCUT2D eigenvalue weighted by atomic mass is 16.5. The van der Waals surface area contributed by atoms with E-state index in [-0.39, 0.29) is 5.91 Å². The third-order valence-corrected chi connectivity index (χ3v) is 7.15. The van der Waals surface area contributed by atoms with Crippen LogP contribution in [0.25, 0.3) is 10.8 Å². The van der Waals surface area contributed by atoms with Gasteiger partial charge >= 0.3 is 0 Å². The Morgan fingerprint density at radius 1 is 1.03 bits per heavy atom. The Bertz CT molecular complexity index is 1220. The molecule has 1 aliphatic rings. The van der Waals surface area contributed by atoms with E-state index in [4.69, 9.17) is 15.2 Å². The van der Waals surface area contributed by atoms with Crippen LogP contribution in [0.15, 0.2) is 36.7 Å². The number of ether oxygens (including phenoxy) is 2. The number of aromatic nitrogens is 1. The van der Waals surface area contributed by atoms with Crippen LogP contribution in [0.1, 0.15) is 52.4 Å². The molecule has 3 aromatic rings. The molecule has 2 N–H and O–H groups in total. The summed E-state index contributed by atoms with van der Waals surface area (Å²) in [4.78, 5) is 19.5. The van der Waals surface area contributed by atoms with Crippen LogP contribution >= 0.6 is 0 Å². The lowest BCUT2D eigenvalue weighted by molar-refractivity contribution is 0.0727. The van der Waals surface area contributed by atoms with Gasteiger partial charge in [0.2, 0.25) is 0 Å². The molecule has 2 heterocycles. The first-order chi connectivity index (χ1) is 16.2. The first-order valence-electron chi connectivity index (χ1n) is 11.9. The zero-order valence-corrected chi connectivity index (χ0v) is 20.9. The maximum Gasteiger partial charge on any atom is 0.254 e. The lowest BCUT2D eigenvalue weighted by Crippen LogP contribution is -2.44. The van der Waals surface area contributed by atoms with Gasteiger partial charge < -0.3 is 20.1 Å². The first kappa shape index (κ1) is 24.0. The summed E-state index contributed by atoms with van der Waals surface area (Å²) < 4.78 is 10.9. The number of nitrogens with zero attached hydrogens (tertiary/aromatic N) is 2. The summed E-state index contributed by atoms with van der Waals surface area (Å²) in [5, 5.41) is 2.11. The molecule has 0 aliphatic carbocycles. The van der Waals surface area contributed by atoms with Gasteiger partial charge in [0, 0.05) is 42.0 Å². The number of fused-ring (bicyclic) bond motifs is 2. The van der Waals surface area contributed by atoms with Gasteiger partial charge in [-0.2, -0.15) is 0 Å². The van der Waals surface area contributed by atoms with Crippen molar-refractivity contribution in [2.24, 2.45) is 5.73 Å². The Morgan fingerprint density at radius 2 is 1.74 bits per heavy atom. The number of amides is 1. The van der Waals surface area contributed by atoms with Crippen LogP contribution in [0, 0.1) is 13.8 Å². The molecule has 0 spiro atoms. The van der Waals surface area contributed by atoms with E-state index in [0.717, 1.165) is 65.3 Å². The lowest BCUT2D eigenvalue weighted by Gasteiger charge is -2.33. The van der Waals surface area contributed by atoms with E-state index in [0.29, 0.717) is 18.0 Å². The summed E-state index contributed by atoms with van der Waals surface area (Å²) in [6.07, 6.45) is 6.97. The van der Waals surface area contributed by atoms with E-state index >= 15 is 0 Å². The number of benzene rings is 2. The monoisotopic (exact) mass is 461 g/mol. The number of hydrogen-bond acceptors (Lipinski definition) is 5. The smallest absolute Gasteiger partial charge is 0.254 e. The summed E-state index contributed by atoms with van der Waals surface area (Å²) in [5.41, 5.74) is 11.9. The molecule has 1 aliphatic heterocycles. The van der Waals surface area contributed by atoms with E-state index in [9.17, 15) is 4.79 Å². The SMILES string of the molecule is COc1cc2cncc(CCC(C)(N)CCN3CCc4cc(C)c(C)cc4C3=O)c2cc1OC. The fourth-order valence-corrected chi connectivity index (χ4v) is 4.71. The molecular weight excluding hydrogens is 426 g/mol. The van der Waals surface area contributed by atoms with Gasteiger partial charge in [0.1, 0.15) is 0 Å². The molecular formula is C28H35N3O3. The third-order valence-electron chi connectivity index (χ3n) is 7.15. The predicted molar refractivity (Wildman–Crippen MR) is 136 cm³/mol. The largest absolute Gasteiger partial charge is 0.493 e. The van der Waals surface area contributed by atoms with Crippen LogP contribution < -0.4 is 15.2 Å². The second kappa shape index (κ2) is 9.63. The summed E-state index contributed by atoms with van der Waals surface area (Å²) in [5.74, 6) is 1.52. The van der Waals surface area contributed by atoms with E-state index in [1.165, 1.54) is 5.56 Å². The molecule has 2 aromatic carbocycles. The fourth-order valence-electron chi connectivity index (χ4n) is 4.71. The molecule has 4 rings (SSSR count). The maximum atomic E-state index is 13.1. The number of nitrogens with two attached hydrogens (primary N) is 1. The molecule has 1 atom stereocenters. The third kappa shape index (κ3) is 4.87. The quantitative estimate of drug-likeness (QED) is 0.530. The van der Waals surface area contributed by atoms with Crippen molar-refractivity contribution >= 4 is 16.7 Å². The number of pyridine rings is 1. The zero-order chi connectivity index (χ0) is 24.5. The van der Waals surface area contributed by atoms with Crippen LogP contribution in [0.4, 0.5) is 0 Å². The van der Waals surface area contributed by atoms with Gasteiger partial charge in [-0.25, -0.2) is 0 Å². The standard InChI is InChI=1S/C28H35N3O3/c1-18-12-20-7-10-31(27(32)24(20)13-19(18)2)11-9-28(3,29)8-6-21-16-30-17-22-14-25(33-4)26(34-5)15-23(21)22/h12-17H,6-11,29H2,1-5H3. The number of rotatable bonds is 8. The molecule has 1 aromatic heterocycles. The second-order valence-electron chi connectivity index (χ2n) is 9.77. The van der Waals surface area contributed by atoms with Gasteiger partial charge in [0.25, 0.3) is 5.91 Å². The molecule has 6 nitrogen and oxygen atoms in total. The fraction of sp³-hybridized carbons (Fsp3) is 0.429. The predicted octanol–water partition coefficient (Wildman–Crippen LogP) is 4.61. The van der Waals surface area contributed by atoms with Gasteiger partial charge in [-0.15, -0.1) is 0 Å². The van der Waals surface area contributed by atoms with Crippen molar-refractivity contribution in [3.63, 3.8) is 0 Å². The van der Waals surface area contributed by atoms with Crippen molar-refractivity contribution in [2.75, 3.05) is 27.3 Å². The Morgan fingerprint density at radius 3 is 2.47 bits per heavy atom. The average molecular weight is 462 g/mol. The zero-order valence-electron chi connectivity index (χ0n) is 20.9. The average Bonchev–Trinajstić information content (AvgIpc) is 2.82. The number of hydrogen-bond donors (Lipinski definition) is 1. The first-order valence-corrected chi connectivity index (χ1v) is 11.9. The topological polar surface area (TPSA) is 77.7 Å². The summed E-state index contributed by atoms with van der Waals surface area (Å²) in [6, 6.07) is 8.16.